The molecule has 0 atom stereocenters. The standard InChI is InChI=1S/C15H27N3O/c1-5-18-12-13(11-17-18)19-15(7-6-8-15)9-10-16-14(2,3)4/h11-12,16H,5-10H2,1-4H3. The second-order valence-corrected chi connectivity index (χ2v) is 6.60. The van der Waals surface area contributed by atoms with Gasteiger partial charge in [0.15, 0.2) is 5.75 Å². The molecule has 0 saturated heterocycles. The molecule has 1 aliphatic carbocycles. The summed E-state index contributed by atoms with van der Waals surface area (Å²) in [6.07, 6.45) is 8.50. The highest BCUT2D eigenvalue weighted by molar-refractivity contribution is 5.14. The van der Waals surface area contributed by atoms with Gasteiger partial charge in [0.2, 0.25) is 0 Å². The lowest BCUT2D eigenvalue weighted by Gasteiger charge is -2.42. The van der Waals surface area contributed by atoms with Crippen molar-refractivity contribution >= 4 is 0 Å². The van der Waals surface area contributed by atoms with Gasteiger partial charge in [-0.3, -0.25) is 4.68 Å². The van der Waals surface area contributed by atoms with Crippen LogP contribution in [0.25, 0.3) is 0 Å². The van der Waals surface area contributed by atoms with Gasteiger partial charge in [-0.25, -0.2) is 0 Å². The molecule has 0 unspecified atom stereocenters. The van der Waals surface area contributed by atoms with Crippen LogP contribution < -0.4 is 10.1 Å². The Hall–Kier alpha value is -1.03. The SMILES string of the molecule is CCn1cc(OC2(CCNC(C)(C)C)CCC2)cn1. The first kappa shape index (κ1) is 14.4. The first-order chi connectivity index (χ1) is 8.92. The Morgan fingerprint density at radius 3 is 2.63 bits per heavy atom. The predicted octanol–water partition coefficient (Wildman–Crippen LogP) is 2.98. The monoisotopic (exact) mass is 265 g/mol. The van der Waals surface area contributed by atoms with Gasteiger partial charge in [-0.2, -0.15) is 5.10 Å². The molecule has 1 aliphatic rings. The summed E-state index contributed by atoms with van der Waals surface area (Å²) in [5.41, 5.74) is 0.220. The largest absolute Gasteiger partial charge is 0.484 e. The minimum absolute atomic E-state index is 0.0415. The van der Waals surface area contributed by atoms with E-state index in [0.717, 1.165) is 38.1 Å². The summed E-state index contributed by atoms with van der Waals surface area (Å²) < 4.78 is 8.12. The first-order valence-electron chi connectivity index (χ1n) is 7.39. The molecule has 0 aromatic carbocycles. The van der Waals surface area contributed by atoms with E-state index in [1.165, 1.54) is 6.42 Å². The summed E-state index contributed by atoms with van der Waals surface area (Å²) in [5.74, 6) is 0.914. The number of rotatable bonds is 6. The number of hydrogen-bond donors (Lipinski definition) is 1. The fraction of sp³-hybridized carbons (Fsp3) is 0.800. The van der Waals surface area contributed by atoms with E-state index in [4.69, 9.17) is 4.74 Å². The second-order valence-electron chi connectivity index (χ2n) is 6.60. The number of ether oxygens (including phenoxy) is 1. The highest BCUT2D eigenvalue weighted by Gasteiger charge is 2.39. The van der Waals surface area contributed by atoms with E-state index < -0.39 is 0 Å². The predicted molar refractivity (Wildman–Crippen MR) is 77.5 cm³/mol. The van der Waals surface area contributed by atoms with Crippen molar-refractivity contribution < 1.29 is 4.74 Å². The molecule has 4 nitrogen and oxygen atoms in total. The van der Waals surface area contributed by atoms with Crippen LogP contribution in [-0.4, -0.2) is 27.5 Å². The van der Waals surface area contributed by atoms with Crippen LogP contribution in [0.3, 0.4) is 0 Å². The maximum absolute atomic E-state index is 6.21. The molecule has 1 aromatic rings. The molecule has 2 rings (SSSR count). The van der Waals surface area contributed by atoms with Crippen molar-refractivity contribution in [3.8, 4) is 5.75 Å². The van der Waals surface area contributed by atoms with Crippen molar-refractivity contribution in [1.82, 2.24) is 15.1 Å². The molecule has 0 amide bonds. The van der Waals surface area contributed by atoms with E-state index in [1.54, 1.807) is 0 Å². The Morgan fingerprint density at radius 2 is 2.16 bits per heavy atom. The van der Waals surface area contributed by atoms with Gasteiger partial charge in [-0.1, -0.05) is 0 Å². The van der Waals surface area contributed by atoms with Crippen molar-refractivity contribution in [1.29, 1.82) is 0 Å². The molecule has 0 bridgehead atoms. The Balaban J connectivity index is 1.87. The molecule has 4 heteroatoms. The van der Waals surface area contributed by atoms with E-state index in [-0.39, 0.29) is 11.1 Å². The van der Waals surface area contributed by atoms with E-state index in [0.29, 0.717) is 0 Å². The average molecular weight is 265 g/mol. The molecule has 19 heavy (non-hydrogen) atoms. The van der Waals surface area contributed by atoms with Gasteiger partial charge in [-0.15, -0.1) is 0 Å². The zero-order chi connectivity index (χ0) is 13.9. The summed E-state index contributed by atoms with van der Waals surface area (Å²) in [6.45, 7) is 10.6. The molecular weight excluding hydrogens is 238 g/mol. The normalized spacial score (nSPS) is 18.1. The van der Waals surface area contributed by atoms with Crippen LogP contribution in [0.2, 0.25) is 0 Å². The fourth-order valence-corrected chi connectivity index (χ4v) is 2.46. The third-order valence-corrected chi connectivity index (χ3v) is 3.77. The second kappa shape index (κ2) is 5.53. The van der Waals surface area contributed by atoms with Crippen LogP contribution in [-0.2, 0) is 6.54 Å². The smallest absolute Gasteiger partial charge is 0.158 e. The van der Waals surface area contributed by atoms with Crippen LogP contribution in [0, 0.1) is 0 Å². The summed E-state index contributed by atoms with van der Waals surface area (Å²) >= 11 is 0. The maximum Gasteiger partial charge on any atom is 0.158 e. The van der Waals surface area contributed by atoms with Crippen molar-refractivity contribution in [3.63, 3.8) is 0 Å². The Bertz CT molecular complexity index is 402. The zero-order valence-corrected chi connectivity index (χ0v) is 12.7. The van der Waals surface area contributed by atoms with Crippen molar-refractivity contribution in [2.75, 3.05) is 6.54 Å². The number of aromatic nitrogens is 2. The van der Waals surface area contributed by atoms with E-state index in [9.17, 15) is 0 Å². The van der Waals surface area contributed by atoms with E-state index >= 15 is 0 Å². The van der Waals surface area contributed by atoms with Gasteiger partial charge in [0.1, 0.15) is 5.60 Å². The molecular formula is C15H27N3O. The number of nitrogens with zero attached hydrogens (tertiary/aromatic N) is 2. The molecule has 0 spiro atoms. The fourth-order valence-electron chi connectivity index (χ4n) is 2.46. The van der Waals surface area contributed by atoms with Gasteiger partial charge in [0.05, 0.1) is 12.4 Å². The van der Waals surface area contributed by atoms with Crippen LogP contribution in [0.1, 0.15) is 53.4 Å². The summed E-state index contributed by atoms with van der Waals surface area (Å²) in [4.78, 5) is 0. The van der Waals surface area contributed by atoms with Crippen LogP contribution in [0.4, 0.5) is 0 Å². The highest BCUT2D eigenvalue weighted by atomic mass is 16.5. The van der Waals surface area contributed by atoms with Gasteiger partial charge in [-0.05, 0) is 59.9 Å². The van der Waals surface area contributed by atoms with Gasteiger partial charge in [0.25, 0.3) is 0 Å². The molecule has 1 fully saturated rings. The summed E-state index contributed by atoms with van der Waals surface area (Å²) in [7, 11) is 0. The van der Waals surface area contributed by atoms with E-state index in [2.05, 4.69) is 38.1 Å². The number of aryl methyl sites for hydroxylation is 1. The summed E-state index contributed by atoms with van der Waals surface area (Å²) in [6, 6.07) is 0. The van der Waals surface area contributed by atoms with Crippen molar-refractivity contribution in [2.45, 2.75) is 71.1 Å². The van der Waals surface area contributed by atoms with Crippen LogP contribution in [0.15, 0.2) is 12.4 Å². The zero-order valence-electron chi connectivity index (χ0n) is 12.7. The maximum atomic E-state index is 6.21. The van der Waals surface area contributed by atoms with E-state index in [1.807, 2.05) is 17.1 Å². The topological polar surface area (TPSA) is 39.1 Å². The number of nitrogens with one attached hydrogen (secondary N) is 1. The molecule has 0 radical (unpaired) electrons. The minimum Gasteiger partial charge on any atom is -0.484 e. The van der Waals surface area contributed by atoms with Gasteiger partial charge in [0, 0.05) is 12.1 Å². The quantitative estimate of drug-likeness (QED) is 0.859. The third kappa shape index (κ3) is 3.96. The Kier molecular flexibility index (Phi) is 4.19. The molecule has 1 N–H and O–H groups in total. The Labute approximate surface area is 116 Å². The number of hydrogen-bond acceptors (Lipinski definition) is 3. The van der Waals surface area contributed by atoms with Gasteiger partial charge < -0.3 is 10.1 Å². The van der Waals surface area contributed by atoms with Crippen LogP contribution in [0.5, 0.6) is 5.75 Å². The summed E-state index contributed by atoms with van der Waals surface area (Å²) in [5, 5.41) is 7.82. The Morgan fingerprint density at radius 1 is 1.42 bits per heavy atom. The van der Waals surface area contributed by atoms with Gasteiger partial charge >= 0.3 is 0 Å². The lowest BCUT2D eigenvalue weighted by molar-refractivity contribution is -0.0153. The molecule has 1 saturated carbocycles. The third-order valence-electron chi connectivity index (χ3n) is 3.77. The van der Waals surface area contributed by atoms with Crippen molar-refractivity contribution in [3.05, 3.63) is 12.4 Å². The van der Waals surface area contributed by atoms with Crippen LogP contribution >= 0.6 is 0 Å². The van der Waals surface area contributed by atoms with Crippen molar-refractivity contribution in [2.24, 2.45) is 0 Å². The molecule has 1 heterocycles. The molecule has 1 aromatic heterocycles. The average Bonchev–Trinajstić information content (AvgIpc) is 2.71. The lowest BCUT2D eigenvalue weighted by atomic mass is 9.77. The lowest BCUT2D eigenvalue weighted by Crippen LogP contribution is -2.47. The minimum atomic E-state index is 0.0415. The highest BCUT2D eigenvalue weighted by Crippen LogP contribution is 2.39. The molecule has 108 valence electrons. The molecule has 0 aliphatic heterocycles. The first-order valence-corrected chi connectivity index (χ1v) is 7.39.